The highest BCUT2D eigenvalue weighted by molar-refractivity contribution is 5.47. The zero-order chi connectivity index (χ0) is 16.8. The van der Waals surface area contributed by atoms with Crippen molar-refractivity contribution in [2.45, 2.75) is 45.2 Å². The first-order valence-corrected chi connectivity index (χ1v) is 7.18. The Bertz CT molecular complexity index is 564. The van der Waals surface area contributed by atoms with Gasteiger partial charge in [-0.25, -0.2) is 0 Å². The van der Waals surface area contributed by atoms with Gasteiger partial charge in [0.25, 0.3) is 0 Å². The fraction of sp³-hybridized carbons (Fsp3) is 0.471. The summed E-state index contributed by atoms with van der Waals surface area (Å²) in [5.74, 6) is 0.722. The number of hydrogen-bond donors (Lipinski definition) is 0. The van der Waals surface area contributed by atoms with E-state index in [2.05, 4.69) is 0 Å². The first-order valence-electron chi connectivity index (χ1n) is 7.18. The van der Waals surface area contributed by atoms with Crippen molar-refractivity contribution in [3.63, 3.8) is 0 Å². The van der Waals surface area contributed by atoms with E-state index in [4.69, 9.17) is 10.00 Å². The van der Waals surface area contributed by atoms with E-state index >= 15 is 0 Å². The number of halogens is 3. The monoisotopic (exact) mass is 311 g/mol. The van der Waals surface area contributed by atoms with Gasteiger partial charge in [0.2, 0.25) is 0 Å². The Hall–Kier alpha value is -1.96. The molecule has 0 aliphatic carbocycles. The second-order valence-electron chi connectivity index (χ2n) is 5.09. The smallest absolute Gasteiger partial charge is 0.417 e. The SMILES string of the molecule is CCC(=CCCC(C)c1cccc(C(F)(F)F)c1C#N)OC. The predicted molar refractivity (Wildman–Crippen MR) is 79.2 cm³/mol. The standard InChI is InChI=1S/C17H20F3NO/c1-4-13(22-3)8-5-7-12(2)14-9-6-10-16(15(14)11-21)17(18,19)20/h6,8-10,12H,4-5,7H2,1-3H3. The number of nitriles is 1. The Kier molecular flexibility index (Phi) is 6.48. The van der Waals surface area contributed by atoms with Crippen LogP contribution in [-0.2, 0) is 10.9 Å². The van der Waals surface area contributed by atoms with E-state index in [0.29, 0.717) is 18.4 Å². The van der Waals surface area contributed by atoms with Crippen LogP contribution in [-0.4, -0.2) is 7.11 Å². The van der Waals surface area contributed by atoms with Gasteiger partial charge in [-0.05, 0) is 36.5 Å². The zero-order valence-corrected chi connectivity index (χ0v) is 13.0. The highest BCUT2D eigenvalue weighted by Gasteiger charge is 2.34. The Labute approximate surface area is 129 Å². The van der Waals surface area contributed by atoms with Crippen LogP contribution < -0.4 is 0 Å². The van der Waals surface area contributed by atoms with Gasteiger partial charge in [-0.1, -0.05) is 26.0 Å². The number of alkyl halides is 3. The molecule has 1 rings (SSSR count). The first-order chi connectivity index (χ1) is 10.3. The number of allylic oxidation sites excluding steroid dienone is 2. The minimum absolute atomic E-state index is 0.136. The molecule has 0 aliphatic heterocycles. The van der Waals surface area contributed by atoms with Gasteiger partial charge in [-0.2, -0.15) is 18.4 Å². The van der Waals surface area contributed by atoms with E-state index in [9.17, 15) is 13.2 Å². The molecule has 0 bridgehead atoms. The van der Waals surface area contributed by atoms with Gasteiger partial charge in [-0.3, -0.25) is 0 Å². The van der Waals surface area contributed by atoms with Crippen molar-refractivity contribution < 1.29 is 17.9 Å². The summed E-state index contributed by atoms with van der Waals surface area (Å²) in [6, 6.07) is 5.62. The van der Waals surface area contributed by atoms with Crippen LogP contribution in [0, 0.1) is 11.3 Å². The fourth-order valence-corrected chi connectivity index (χ4v) is 2.36. The van der Waals surface area contributed by atoms with Crippen molar-refractivity contribution in [3.8, 4) is 6.07 Å². The third kappa shape index (κ3) is 4.52. The van der Waals surface area contributed by atoms with Crippen LogP contribution >= 0.6 is 0 Å². The summed E-state index contributed by atoms with van der Waals surface area (Å²) in [4.78, 5) is 0. The summed E-state index contributed by atoms with van der Waals surface area (Å²) in [5, 5.41) is 9.12. The summed E-state index contributed by atoms with van der Waals surface area (Å²) in [7, 11) is 1.60. The minimum atomic E-state index is -4.51. The van der Waals surface area contributed by atoms with Crippen LogP contribution in [0.25, 0.3) is 0 Å². The lowest BCUT2D eigenvalue weighted by Gasteiger charge is -2.16. The summed E-state index contributed by atoms with van der Waals surface area (Å²) in [6.07, 6.45) is -0.442. The minimum Gasteiger partial charge on any atom is -0.501 e. The van der Waals surface area contributed by atoms with E-state index < -0.39 is 11.7 Å². The molecule has 0 aromatic heterocycles. The molecule has 1 aromatic carbocycles. The second-order valence-corrected chi connectivity index (χ2v) is 5.09. The molecule has 0 N–H and O–H groups in total. The van der Waals surface area contributed by atoms with Crippen molar-refractivity contribution in [1.82, 2.24) is 0 Å². The molecule has 120 valence electrons. The maximum Gasteiger partial charge on any atom is 0.417 e. The van der Waals surface area contributed by atoms with Crippen LogP contribution in [0.4, 0.5) is 13.2 Å². The Morgan fingerprint density at radius 2 is 2.09 bits per heavy atom. The molecular weight excluding hydrogens is 291 g/mol. The molecule has 0 saturated carbocycles. The first kappa shape index (κ1) is 18.1. The van der Waals surface area contributed by atoms with Crippen LogP contribution in [0.5, 0.6) is 0 Å². The lowest BCUT2D eigenvalue weighted by molar-refractivity contribution is -0.137. The average Bonchev–Trinajstić information content (AvgIpc) is 2.49. The van der Waals surface area contributed by atoms with Crippen LogP contribution in [0.15, 0.2) is 30.0 Å². The molecule has 2 nitrogen and oxygen atoms in total. The van der Waals surface area contributed by atoms with E-state index in [1.54, 1.807) is 19.2 Å². The largest absolute Gasteiger partial charge is 0.501 e. The molecule has 0 aliphatic rings. The lowest BCUT2D eigenvalue weighted by atomic mass is 9.89. The Balaban J connectivity index is 2.98. The quantitative estimate of drug-likeness (QED) is 0.659. The van der Waals surface area contributed by atoms with Gasteiger partial charge < -0.3 is 4.74 Å². The third-order valence-electron chi connectivity index (χ3n) is 3.63. The van der Waals surface area contributed by atoms with Crippen molar-refractivity contribution in [3.05, 3.63) is 46.7 Å². The number of methoxy groups -OCH3 is 1. The topological polar surface area (TPSA) is 33.0 Å². The van der Waals surface area contributed by atoms with Crippen molar-refractivity contribution in [1.29, 1.82) is 5.26 Å². The van der Waals surface area contributed by atoms with Gasteiger partial charge in [-0.15, -0.1) is 0 Å². The molecule has 5 heteroatoms. The summed E-state index contributed by atoms with van der Waals surface area (Å²) < 4.78 is 44.0. The average molecular weight is 311 g/mol. The predicted octanol–water partition coefficient (Wildman–Crippen LogP) is 5.40. The van der Waals surface area contributed by atoms with E-state index in [0.717, 1.165) is 18.2 Å². The molecule has 1 aromatic rings. The van der Waals surface area contributed by atoms with E-state index in [1.807, 2.05) is 19.9 Å². The Morgan fingerprint density at radius 1 is 1.41 bits per heavy atom. The van der Waals surface area contributed by atoms with Gasteiger partial charge in [0.05, 0.1) is 24.0 Å². The van der Waals surface area contributed by atoms with Gasteiger partial charge >= 0.3 is 6.18 Å². The van der Waals surface area contributed by atoms with Crippen LogP contribution in [0.3, 0.4) is 0 Å². The second kappa shape index (κ2) is 7.88. The van der Waals surface area contributed by atoms with Crippen molar-refractivity contribution in [2.24, 2.45) is 0 Å². The molecule has 0 saturated heterocycles. The van der Waals surface area contributed by atoms with Gasteiger partial charge in [0, 0.05) is 6.42 Å². The number of benzene rings is 1. The maximum absolute atomic E-state index is 13.0. The molecule has 0 spiro atoms. The van der Waals surface area contributed by atoms with Crippen LogP contribution in [0.2, 0.25) is 0 Å². The molecule has 22 heavy (non-hydrogen) atoms. The van der Waals surface area contributed by atoms with Crippen molar-refractivity contribution in [2.75, 3.05) is 7.11 Å². The molecule has 1 atom stereocenters. The number of nitrogens with zero attached hydrogens (tertiary/aromatic N) is 1. The molecule has 0 fully saturated rings. The third-order valence-corrected chi connectivity index (χ3v) is 3.63. The summed E-state index contributed by atoms with van der Waals surface area (Å²) in [5.41, 5.74) is -0.684. The highest BCUT2D eigenvalue weighted by Crippen LogP contribution is 2.35. The van der Waals surface area contributed by atoms with Gasteiger partial charge in [0.1, 0.15) is 6.07 Å². The molecular formula is C17H20F3NO. The number of rotatable bonds is 6. The maximum atomic E-state index is 13.0. The molecule has 0 heterocycles. The normalized spacial score (nSPS) is 13.6. The van der Waals surface area contributed by atoms with E-state index in [1.165, 1.54) is 6.07 Å². The zero-order valence-electron chi connectivity index (χ0n) is 13.0. The van der Waals surface area contributed by atoms with Gasteiger partial charge in [0.15, 0.2) is 0 Å². The lowest BCUT2D eigenvalue weighted by Crippen LogP contribution is -2.10. The molecule has 1 unspecified atom stereocenters. The van der Waals surface area contributed by atoms with Crippen LogP contribution in [0.1, 0.15) is 55.7 Å². The fourth-order valence-electron chi connectivity index (χ4n) is 2.36. The molecule has 0 amide bonds. The van der Waals surface area contributed by atoms with E-state index in [-0.39, 0.29) is 11.5 Å². The highest BCUT2D eigenvalue weighted by atomic mass is 19.4. The number of ether oxygens (including phenoxy) is 1. The summed E-state index contributed by atoms with van der Waals surface area (Å²) >= 11 is 0. The molecule has 0 radical (unpaired) electrons. The Morgan fingerprint density at radius 3 is 2.59 bits per heavy atom. The number of hydrogen-bond acceptors (Lipinski definition) is 2. The summed E-state index contributed by atoms with van der Waals surface area (Å²) in [6.45, 7) is 3.81. The van der Waals surface area contributed by atoms with Crippen molar-refractivity contribution >= 4 is 0 Å².